The number of aromatic nitrogens is 2. The van der Waals surface area contributed by atoms with Crippen LogP contribution >= 0.6 is 0 Å². The highest BCUT2D eigenvalue weighted by Gasteiger charge is 2.21. The third-order valence-corrected chi connectivity index (χ3v) is 3.80. The van der Waals surface area contributed by atoms with Crippen molar-refractivity contribution in [2.24, 2.45) is 13.0 Å². The average molecular weight is 249 g/mol. The topological polar surface area (TPSA) is 29.9 Å². The molecule has 1 heterocycles. The van der Waals surface area contributed by atoms with E-state index in [1.54, 1.807) is 0 Å². The molecule has 3 heteroatoms. The minimum atomic E-state index is 0.704. The molecule has 0 spiro atoms. The Hall–Kier alpha value is -0.830. The second-order valence-electron chi connectivity index (χ2n) is 6.07. The minimum absolute atomic E-state index is 0.704. The highest BCUT2D eigenvalue weighted by molar-refractivity contribution is 5.21. The molecule has 1 fully saturated rings. The Morgan fingerprint density at radius 3 is 2.72 bits per heavy atom. The summed E-state index contributed by atoms with van der Waals surface area (Å²) in [6.07, 6.45) is 9.00. The van der Waals surface area contributed by atoms with E-state index < -0.39 is 0 Å². The predicted octanol–water partition coefficient (Wildman–Crippen LogP) is 3.21. The van der Waals surface area contributed by atoms with Crippen LogP contribution in [0.3, 0.4) is 0 Å². The molecule has 0 bridgehead atoms. The number of hydrogen-bond donors (Lipinski definition) is 1. The lowest BCUT2D eigenvalue weighted by molar-refractivity contribution is 0.430. The van der Waals surface area contributed by atoms with E-state index in [1.165, 1.54) is 43.4 Å². The summed E-state index contributed by atoms with van der Waals surface area (Å²) >= 11 is 0. The maximum Gasteiger partial charge on any atom is 0.0700 e. The third-order valence-electron chi connectivity index (χ3n) is 3.80. The Morgan fingerprint density at radius 1 is 1.33 bits per heavy atom. The largest absolute Gasteiger partial charge is 0.312 e. The molecule has 1 aromatic rings. The summed E-state index contributed by atoms with van der Waals surface area (Å²) in [7, 11) is 2.04. The monoisotopic (exact) mass is 249 g/mol. The van der Waals surface area contributed by atoms with Gasteiger partial charge in [-0.05, 0) is 25.3 Å². The van der Waals surface area contributed by atoms with Crippen molar-refractivity contribution >= 4 is 0 Å². The predicted molar refractivity (Wildman–Crippen MR) is 75.6 cm³/mol. The summed E-state index contributed by atoms with van der Waals surface area (Å²) in [5.41, 5.74) is 2.76. The van der Waals surface area contributed by atoms with E-state index in [0.717, 1.165) is 13.1 Å². The van der Waals surface area contributed by atoms with Crippen molar-refractivity contribution in [3.63, 3.8) is 0 Å². The van der Waals surface area contributed by atoms with Crippen LogP contribution in [0.2, 0.25) is 0 Å². The molecule has 0 aromatic carbocycles. The van der Waals surface area contributed by atoms with Gasteiger partial charge in [-0.1, -0.05) is 33.1 Å². The number of rotatable bonds is 5. The molecule has 2 rings (SSSR count). The molecule has 3 nitrogen and oxygen atoms in total. The summed E-state index contributed by atoms with van der Waals surface area (Å²) in [5.74, 6) is 1.41. The van der Waals surface area contributed by atoms with Crippen molar-refractivity contribution in [3.05, 3.63) is 17.5 Å². The van der Waals surface area contributed by atoms with Crippen molar-refractivity contribution in [3.8, 4) is 0 Å². The fraction of sp³-hybridized carbons (Fsp3) is 0.800. The van der Waals surface area contributed by atoms with Gasteiger partial charge >= 0.3 is 0 Å². The highest BCUT2D eigenvalue weighted by Crippen LogP contribution is 2.33. The molecule has 0 unspecified atom stereocenters. The number of nitrogens with one attached hydrogen (secondary N) is 1. The van der Waals surface area contributed by atoms with E-state index in [0.29, 0.717) is 11.8 Å². The molecule has 0 amide bonds. The first-order valence-corrected chi connectivity index (χ1v) is 7.40. The van der Waals surface area contributed by atoms with Gasteiger partial charge in [0.25, 0.3) is 0 Å². The standard InChI is InChI=1S/C15H27N3/c1-12(2)9-16-10-14-11-18(3)17-15(14)13-7-5-4-6-8-13/h11-13,16H,4-10H2,1-3H3. The van der Waals surface area contributed by atoms with E-state index in [9.17, 15) is 0 Å². The Labute approximate surface area is 111 Å². The van der Waals surface area contributed by atoms with Gasteiger partial charge in [-0.25, -0.2) is 0 Å². The maximum atomic E-state index is 4.71. The van der Waals surface area contributed by atoms with Gasteiger partial charge in [0.1, 0.15) is 0 Å². The van der Waals surface area contributed by atoms with Gasteiger partial charge in [-0.15, -0.1) is 0 Å². The van der Waals surface area contributed by atoms with Gasteiger partial charge in [-0.3, -0.25) is 4.68 Å². The van der Waals surface area contributed by atoms with E-state index in [2.05, 4.69) is 25.4 Å². The van der Waals surface area contributed by atoms with Crippen LogP contribution in [0.1, 0.15) is 63.1 Å². The van der Waals surface area contributed by atoms with Crippen molar-refractivity contribution in [1.82, 2.24) is 15.1 Å². The fourth-order valence-electron chi connectivity index (χ4n) is 2.91. The molecular weight excluding hydrogens is 222 g/mol. The molecule has 18 heavy (non-hydrogen) atoms. The summed E-state index contributed by atoms with van der Waals surface area (Å²) in [6, 6.07) is 0. The SMILES string of the molecule is CC(C)CNCc1cn(C)nc1C1CCCCC1. The van der Waals surface area contributed by atoms with Crippen molar-refractivity contribution in [1.29, 1.82) is 0 Å². The van der Waals surface area contributed by atoms with Crippen LogP contribution in [0.15, 0.2) is 6.20 Å². The van der Waals surface area contributed by atoms with E-state index in [1.807, 2.05) is 11.7 Å². The first kappa shape index (κ1) is 13.6. The van der Waals surface area contributed by atoms with Gasteiger partial charge in [0.05, 0.1) is 5.69 Å². The zero-order valence-corrected chi connectivity index (χ0v) is 12.1. The van der Waals surface area contributed by atoms with Crippen LogP contribution in [-0.4, -0.2) is 16.3 Å². The van der Waals surface area contributed by atoms with Crippen molar-refractivity contribution in [2.45, 2.75) is 58.4 Å². The molecule has 0 radical (unpaired) electrons. The van der Waals surface area contributed by atoms with Crippen molar-refractivity contribution in [2.75, 3.05) is 6.54 Å². The fourth-order valence-corrected chi connectivity index (χ4v) is 2.91. The van der Waals surface area contributed by atoms with Crippen LogP contribution in [0.5, 0.6) is 0 Å². The zero-order chi connectivity index (χ0) is 13.0. The number of nitrogens with zero attached hydrogens (tertiary/aromatic N) is 2. The molecule has 0 aliphatic heterocycles. The molecule has 0 atom stereocenters. The van der Waals surface area contributed by atoms with Gasteiger partial charge in [0.15, 0.2) is 0 Å². The van der Waals surface area contributed by atoms with E-state index in [4.69, 9.17) is 5.10 Å². The average Bonchev–Trinajstić information content (AvgIpc) is 2.71. The molecule has 1 saturated carbocycles. The number of aryl methyl sites for hydroxylation is 1. The molecule has 1 aliphatic carbocycles. The van der Waals surface area contributed by atoms with Gasteiger partial charge in [0, 0.05) is 31.3 Å². The Kier molecular flexibility index (Phi) is 4.81. The van der Waals surface area contributed by atoms with Crippen LogP contribution in [0.25, 0.3) is 0 Å². The van der Waals surface area contributed by atoms with E-state index >= 15 is 0 Å². The highest BCUT2D eigenvalue weighted by atomic mass is 15.3. The third kappa shape index (κ3) is 3.58. The van der Waals surface area contributed by atoms with Crippen LogP contribution in [0, 0.1) is 5.92 Å². The Morgan fingerprint density at radius 2 is 2.06 bits per heavy atom. The molecule has 0 saturated heterocycles. The van der Waals surface area contributed by atoms with Gasteiger partial charge in [-0.2, -0.15) is 5.10 Å². The normalized spacial score (nSPS) is 17.6. The first-order valence-electron chi connectivity index (χ1n) is 7.40. The lowest BCUT2D eigenvalue weighted by Crippen LogP contribution is -2.20. The molecule has 1 N–H and O–H groups in total. The van der Waals surface area contributed by atoms with Crippen LogP contribution < -0.4 is 5.32 Å². The second kappa shape index (κ2) is 6.37. The van der Waals surface area contributed by atoms with Crippen molar-refractivity contribution < 1.29 is 0 Å². The minimum Gasteiger partial charge on any atom is -0.312 e. The lowest BCUT2D eigenvalue weighted by Gasteiger charge is -2.21. The molecular formula is C15H27N3. The van der Waals surface area contributed by atoms with Crippen LogP contribution in [-0.2, 0) is 13.6 Å². The van der Waals surface area contributed by atoms with E-state index in [-0.39, 0.29) is 0 Å². The maximum absolute atomic E-state index is 4.71. The molecule has 1 aliphatic rings. The summed E-state index contributed by atoms with van der Waals surface area (Å²) in [5, 5.41) is 8.25. The lowest BCUT2D eigenvalue weighted by atomic mass is 9.85. The van der Waals surface area contributed by atoms with Gasteiger partial charge < -0.3 is 5.32 Å². The Balaban J connectivity index is 2.00. The smallest absolute Gasteiger partial charge is 0.0700 e. The first-order chi connectivity index (χ1) is 8.66. The Bertz CT molecular complexity index is 362. The summed E-state index contributed by atoms with van der Waals surface area (Å²) in [6.45, 7) is 6.55. The van der Waals surface area contributed by atoms with Gasteiger partial charge in [0.2, 0.25) is 0 Å². The second-order valence-corrected chi connectivity index (χ2v) is 6.07. The molecule has 102 valence electrons. The van der Waals surface area contributed by atoms with Crippen LogP contribution in [0.4, 0.5) is 0 Å². The zero-order valence-electron chi connectivity index (χ0n) is 12.1. The number of hydrogen-bond acceptors (Lipinski definition) is 2. The molecule has 1 aromatic heterocycles. The quantitative estimate of drug-likeness (QED) is 0.868. The summed E-state index contributed by atoms with van der Waals surface area (Å²) in [4.78, 5) is 0. The summed E-state index contributed by atoms with van der Waals surface area (Å²) < 4.78 is 1.98.